The van der Waals surface area contributed by atoms with E-state index in [4.69, 9.17) is 9.84 Å². The fourth-order valence-corrected chi connectivity index (χ4v) is 1.73. The third kappa shape index (κ3) is 2.47. The number of rotatable bonds is 3. The summed E-state index contributed by atoms with van der Waals surface area (Å²) in [5, 5.41) is 8.60. The molecule has 5 heteroatoms. The fourth-order valence-electron chi connectivity index (χ4n) is 1.28. The molecule has 1 rings (SSSR count). The maximum Gasteiger partial charge on any atom is 0.307 e. The molecule has 0 heterocycles. The van der Waals surface area contributed by atoms with Gasteiger partial charge in [-0.05, 0) is 28.4 Å². The molecule has 0 amide bonds. The number of ether oxygens (including phenoxy) is 1. The highest BCUT2D eigenvalue weighted by atomic mass is 79.9. The average molecular weight is 277 g/mol. The summed E-state index contributed by atoms with van der Waals surface area (Å²) in [7, 11) is 1.34. The molecule has 0 radical (unpaired) electrons. The molecule has 1 aromatic rings. The van der Waals surface area contributed by atoms with Gasteiger partial charge in [-0.3, -0.25) is 4.79 Å². The van der Waals surface area contributed by atoms with Crippen LogP contribution in [0.4, 0.5) is 4.39 Å². The van der Waals surface area contributed by atoms with Crippen molar-refractivity contribution in [2.45, 2.75) is 13.3 Å². The molecule has 1 aromatic carbocycles. The minimum atomic E-state index is -1.07. The van der Waals surface area contributed by atoms with E-state index in [1.54, 1.807) is 6.92 Å². The lowest BCUT2D eigenvalue weighted by Crippen LogP contribution is -2.05. The number of aryl methyl sites for hydroxylation is 1. The Hall–Kier alpha value is -1.10. The normalized spacial score (nSPS) is 10.1. The number of hydrogen-bond acceptors (Lipinski definition) is 2. The van der Waals surface area contributed by atoms with Crippen LogP contribution in [0.15, 0.2) is 10.5 Å². The van der Waals surface area contributed by atoms with Gasteiger partial charge in [0.25, 0.3) is 0 Å². The fraction of sp³-hybridized carbons (Fsp3) is 0.300. The van der Waals surface area contributed by atoms with E-state index >= 15 is 0 Å². The van der Waals surface area contributed by atoms with Gasteiger partial charge in [0, 0.05) is 5.56 Å². The second kappa shape index (κ2) is 4.61. The van der Waals surface area contributed by atoms with Gasteiger partial charge in [0.15, 0.2) is 11.6 Å². The molecule has 0 aromatic heterocycles. The zero-order valence-corrected chi connectivity index (χ0v) is 9.89. The molecule has 0 atom stereocenters. The predicted molar refractivity (Wildman–Crippen MR) is 56.7 cm³/mol. The molecule has 0 saturated carbocycles. The lowest BCUT2D eigenvalue weighted by Gasteiger charge is -2.10. The van der Waals surface area contributed by atoms with Crippen LogP contribution in [-0.4, -0.2) is 18.2 Å². The van der Waals surface area contributed by atoms with Gasteiger partial charge in [0.05, 0.1) is 18.0 Å². The van der Waals surface area contributed by atoms with Gasteiger partial charge in [0.2, 0.25) is 0 Å². The van der Waals surface area contributed by atoms with Gasteiger partial charge < -0.3 is 9.84 Å². The summed E-state index contributed by atoms with van der Waals surface area (Å²) in [6, 6.07) is 1.50. The predicted octanol–water partition coefficient (Wildman–Crippen LogP) is 2.53. The van der Waals surface area contributed by atoms with E-state index in [0.29, 0.717) is 4.47 Å². The largest absolute Gasteiger partial charge is 0.492 e. The second-order valence-corrected chi connectivity index (χ2v) is 3.88. The maximum atomic E-state index is 13.7. The second-order valence-electron chi connectivity index (χ2n) is 3.08. The summed E-state index contributed by atoms with van der Waals surface area (Å²) in [4.78, 5) is 10.5. The monoisotopic (exact) mass is 276 g/mol. The first kappa shape index (κ1) is 12.0. The van der Waals surface area contributed by atoms with Crippen molar-refractivity contribution in [2.24, 2.45) is 0 Å². The summed E-state index contributed by atoms with van der Waals surface area (Å²) in [5.41, 5.74) is 0.865. The van der Waals surface area contributed by atoms with Crippen molar-refractivity contribution in [3.05, 3.63) is 27.5 Å². The highest BCUT2D eigenvalue weighted by Gasteiger charge is 2.17. The van der Waals surface area contributed by atoms with Crippen LogP contribution in [0, 0.1) is 12.7 Å². The van der Waals surface area contributed by atoms with Crippen molar-refractivity contribution in [1.82, 2.24) is 0 Å². The molecule has 1 N–H and O–H groups in total. The first-order valence-electron chi connectivity index (χ1n) is 4.20. The topological polar surface area (TPSA) is 46.5 Å². The SMILES string of the molecule is COc1c(F)c(CC(=O)O)cc(C)c1Br. The summed E-state index contributed by atoms with van der Waals surface area (Å²) < 4.78 is 19.0. The first-order valence-corrected chi connectivity index (χ1v) is 5.00. The highest BCUT2D eigenvalue weighted by Crippen LogP contribution is 2.33. The van der Waals surface area contributed by atoms with Gasteiger partial charge in [-0.25, -0.2) is 4.39 Å². The van der Waals surface area contributed by atoms with Crippen molar-refractivity contribution in [3.63, 3.8) is 0 Å². The van der Waals surface area contributed by atoms with Crippen LogP contribution < -0.4 is 4.74 Å². The molecule has 0 saturated heterocycles. The Morgan fingerprint density at radius 1 is 1.67 bits per heavy atom. The Balaban J connectivity index is 3.30. The summed E-state index contributed by atoms with van der Waals surface area (Å²) >= 11 is 3.18. The van der Waals surface area contributed by atoms with E-state index < -0.39 is 11.8 Å². The smallest absolute Gasteiger partial charge is 0.307 e. The number of methoxy groups -OCH3 is 1. The first-order chi connectivity index (χ1) is 6.97. The van der Waals surface area contributed by atoms with Crippen molar-refractivity contribution >= 4 is 21.9 Å². The maximum absolute atomic E-state index is 13.7. The van der Waals surface area contributed by atoms with Crippen LogP contribution in [-0.2, 0) is 11.2 Å². The molecule has 0 aliphatic heterocycles. The minimum Gasteiger partial charge on any atom is -0.492 e. The number of carbonyl (C=O) groups is 1. The molecule has 0 unspecified atom stereocenters. The van der Waals surface area contributed by atoms with Gasteiger partial charge in [-0.1, -0.05) is 6.07 Å². The van der Waals surface area contributed by atoms with E-state index in [9.17, 15) is 9.18 Å². The summed E-state index contributed by atoms with van der Waals surface area (Å²) in [6.07, 6.45) is -0.351. The molecule has 82 valence electrons. The van der Waals surface area contributed by atoms with Gasteiger partial charge in [-0.15, -0.1) is 0 Å². The quantitative estimate of drug-likeness (QED) is 0.923. The molecular formula is C10H10BrFO3. The van der Waals surface area contributed by atoms with Gasteiger partial charge in [0.1, 0.15) is 0 Å². The zero-order chi connectivity index (χ0) is 11.6. The molecule has 0 aliphatic carbocycles. The molecular weight excluding hydrogens is 267 g/mol. The van der Waals surface area contributed by atoms with Gasteiger partial charge in [-0.2, -0.15) is 0 Å². The lowest BCUT2D eigenvalue weighted by molar-refractivity contribution is -0.136. The number of benzene rings is 1. The average Bonchev–Trinajstić information content (AvgIpc) is 2.14. The molecule has 0 bridgehead atoms. The van der Waals surface area contributed by atoms with Crippen LogP contribution in [0.25, 0.3) is 0 Å². The van der Waals surface area contributed by atoms with Crippen LogP contribution >= 0.6 is 15.9 Å². The number of hydrogen-bond donors (Lipinski definition) is 1. The van der Waals surface area contributed by atoms with E-state index in [0.717, 1.165) is 5.56 Å². The Kier molecular flexibility index (Phi) is 3.68. The van der Waals surface area contributed by atoms with Crippen molar-refractivity contribution < 1.29 is 19.0 Å². The third-order valence-electron chi connectivity index (χ3n) is 1.96. The van der Waals surface area contributed by atoms with Crippen molar-refractivity contribution in [3.8, 4) is 5.75 Å². The van der Waals surface area contributed by atoms with Crippen LogP contribution in [0.1, 0.15) is 11.1 Å². The van der Waals surface area contributed by atoms with E-state index in [1.165, 1.54) is 13.2 Å². The van der Waals surface area contributed by atoms with Gasteiger partial charge >= 0.3 is 5.97 Å². The van der Waals surface area contributed by atoms with Crippen molar-refractivity contribution in [2.75, 3.05) is 7.11 Å². The number of carboxylic acids is 1. The molecule has 0 spiro atoms. The van der Waals surface area contributed by atoms with E-state index in [2.05, 4.69) is 15.9 Å². The van der Waals surface area contributed by atoms with Crippen LogP contribution in [0.3, 0.4) is 0 Å². The number of aliphatic carboxylic acids is 1. The molecule has 0 fully saturated rings. The third-order valence-corrected chi connectivity index (χ3v) is 2.95. The number of halogens is 2. The minimum absolute atomic E-state index is 0.0475. The molecule has 15 heavy (non-hydrogen) atoms. The van der Waals surface area contributed by atoms with E-state index in [-0.39, 0.29) is 17.7 Å². The number of carboxylic acid groups (broad SMARTS) is 1. The van der Waals surface area contributed by atoms with E-state index in [1.807, 2.05) is 0 Å². The van der Waals surface area contributed by atoms with Crippen LogP contribution in [0.5, 0.6) is 5.75 Å². The standard InChI is InChI=1S/C10H10BrFO3/c1-5-3-6(4-7(13)14)9(12)10(15-2)8(5)11/h3H,4H2,1-2H3,(H,13,14). The summed E-state index contributed by atoms with van der Waals surface area (Å²) in [5.74, 6) is -1.65. The molecule has 3 nitrogen and oxygen atoms in total. The lowest BCUT2D eigenvalue weighted by atomic mass is 10.1. The summed E-state index contributed by atoms with van der Waals surface area (Å²) in [6.45, 7) is 1.75. The Morgan fingerprint density at radius 3 is 2.73 bits per heavy atom. The van der Waals surface area contributed by atoms with Crippen LogP contribution in [0.2, 0.25) is 0 Å². The molecule has 0 aliphatic rings. The Labute approximate surface area is 95.0 Å². The van der Waals surface area contributed by atoms with Crippen molar-refractivity contribution in [1.29, 1.82) is 0 Å². The highest BCUT2D eigenvalue weighted by molar-refractivity contribution is 9.10. The zero-order valence-electron chi connectivity index (χ0n) is 8.30. The Morgan fingerprint density at radius 2 is 2.27 bits per heavy atom. The Bertz CT molecular complexity index is 404.